The number of unbranched alkanes of at least 4 members (excludes halogenated alkanes) is 12. The molecule has 0 aromatic carbocycles. The Morgan fingerprint density at radius 3 is 1.65 bits per heavy atom. The second kappa shape index (κ2) is 22.7. The number of thiol groups is 1. The van der Waals surface area contributed by atoms with Crippen LogP contribution in [0.2, 0.25) is 0 Å². The summed E-state index contributed by atoms with van der Waals surface area (Å²) in [7, 11) is 0. The van der Waals surface area contributed by atoms with Crippen molar-refractivity contribution >= 4 is 24.4 Å². The van der Waals surface area contributed by atoms with Gasteiger partial charge in [0, 0.05) is 12.4 Å². The number of thioether (sulfide) groups is 1. The lowest BCUT2D eigenvalue weighted by Gasteiger charge is -2.04. The predicted molar refractivity (Wildman–Crippen MR) is 112 cm³/mol. The highest BCUT2D eigenvalue weighted by Crippen LogP contribution is 2.13. The molecule has 0 rings (SSSR count). The number of rotatable bonds is 20. The van der Waals surface area contributed by atoms with Gasteiger partial charge in [-0.05, 0) is 24.3 Å². The van der Waals surface area contributed by atoms with Crippen LogP contribution in [0, 0.1) is 0 Å². The monoisotopic (exact) mass is 362 g/mol. The molecule has 0 fully saturated rings. The summed E-state index contributed by atoms with van der Waals surface area (Å²) in [5.41, 5.74) is 0. The zero-order valence-electron chi connectivity index (χ0n) is 15.7. The largest absolute Gasteiger partial charge is 0.381 e. The molecule has 0 atom stereocenters. The lowest BCUT2D eigenvalue weighted by Crippen LogP contribution is -2.00. The van der Waals surface area contributed by atoms with E-state index in [-0.39, 0.29) is 0 Å². The second-order valence-corrected chi connectivity index (χ2v) is 8.22. The van der Waals surface area contributed by atoms with Gasteiger partial charge >= 0.3 is 0 Å². The second-order valence-electron chi connectivity index (χ2n) is 6.54. The molecule has 0 saturated carbocycles. The van der Waals surface area contributed by atoms with Gasteiger partial charge in [-0.15, -0.1) is 0 Å². The Hall–Kier alpha value is 0.660. The van der Waals surface area contributed by atoms with Crippen molar-refractivity contribution < 1.29 is 4.74 Å². The summed E-state index contributed by atoms with van der Waals surface area (Å²) >= 11 is 6.22. The normalized spacial score (nSPS) is 11.2. The van der Waals surface area contributed by atoms with Gasteiger partial charge in [-0.1, -0.05) is 84.0 Å². The van der Waals surface area contributed by atoms with Gasteiger partial charge in [0.05, 0.1) is 6.61 Å². The predicted octanol–water partition coefficient (Wildman–Crippen LogP) is 7.15. The summed E-state index contributed by atoms with van der Waals surface area (Å²) in [5.74, 6) is 3.41. The molecule has 1 nitrogen and oxygen atoms in total. The van der Waals surface area contributed by atoms with E-state index in [9.17, 15) is 0 Å². The Bertz CT molecular complexity index is 180. The third kappa shape index (κ3) is 22.7. The van der Waals surface area contributed by atoms with E-state index in [4.69, 9.17) is 4.74 Å². The average molecular weight is 363 g/mol. The molecule has 3 heteroatoms. The van der Waals surface area contributed by atoms with Crippen LogP contribution in [0.5, 0.6) is 0 Å². The van der Waals surface area contributed by atoms with Crippen molar-refractivity contribution in [1.29, 1.82) is 0 Å². The standard InChI is InChI=1S/C20H42OS2/c1-2-3-4-5-6-7-8-9-10-11-12-13-14-19-23-20-17-21-16-15-18-22/h22H,2-20H2,1H3. The molecule has 0 aromatic heterocycles. The maximum Gasteiger partial charge on any atom is 0.0556 e. The van der Waals surface area contributed by atoms with Crippen LogP contribution < -0.4 is 0 Å². The fourth-order valence-corrected chi connectivity index (χ4v) is 3.69. The molecular formula is C20H42OS2. The van der Waals surface area contributed by atoms with Gasteiger partial charge < -0.3 is 4.74 Å². The minimum atomic E-state index is 0.878. The highest BCUT2D eigenvalue weighted by Gasteiger charge is 1.95. The Morgan fingerprint density at radius 1 is 0.609 bits per heavy atom. The van der Waals surface area contributed by atoms with Gasteiger partial charge in [0.25, 0.3) is 0 Å². The fourth-order valence-electron chi connectivity index (χ4n) is 2.71. The number of ether oxygens (including phenoxy) is 1. The zero-order valence-corrected chi connectivity index (χ0v) is 17.4. The molecule has 0 aliphatic carbocycles. The SMILES string of the molecule is CCCCCCCCCCCCCCCSCCOCCCS. The Labute approximate surface area is 156 Å². The van der Waals surface area contributed by atoms with Gasteiger partial charge in [0.1, 0.15) is 0 Å². The molecule has 0 aliphatic heterocycles. The Morgan fingerprint density at radius 2 is 1.13 bits per heavy atom. The maximum atomic E-state index is 5.52. The van der Waals surface area contributed by atoms with Crippen molar-refractivity contribution in [3.8, 4) is 0 Å². The van der Waals surface area contributed by atoms with E-state index in [1.807, 2.05) is 0 Å². The third-order valence-electron chi connectivity index (χ3n) is 4.21. The quantitative estimate of drug-likeness (QED) is 0.182. The Kier molecular flexibility index (Phi) is 23.3. The van der Waals surface area contributed by atoms with Crippen molar-refractivity contribution in [2.75, 3.05) is 30.5 Å². The lowest BCUT2D eigenvalue weighted by molar-refractivity contribution is 0.151. The van der Waals surface area contributed by atoms with Crippen LogP contribution in [0.4, 0.5) is 0 Å². The molecule has 0 bridgehead atoms. The van der Waals surface area contributed by atoms with Gasteiger partial charge in [0.15, 0.2) is 0 Å². The van der Waals surface area contributed by atoms with E-state index in [2.05, 4.69) is 31.3 Å². The van der Waals surface area contributed by atoms with Gasteiger partial charge in [-0.3, -0.25) is 0 Å². The molecule has 0 unspecified atom stereocenters. The first-order valence-corrected chi connectivity index (χ1v) is 12.0. The summed E-state index contributed by atoms with van der Waals surface area (Å²) in [4.78, 5) is 0. The van der Waals surface area contributed by atoms with Crippen LogP contribution in [0.15, 0.2) is 0 Å². The van der Waals surface area contributed by atoms with Crippen molar-refractivity contribution in [3.05, 3.63) is 0 Å². The van der Waals surface area contributed by atoms with Gasteiger partial charge in [-0.25, -0.2) is 0 Å². The van der Waals surface area contributed by atoms with Crippen LogP contribution in [-0.2, 0) is 4.74 Å². The lowest BCUT2D eigenvalue weighted by atomic mass is 10.1. The molecule has 0 amide bonds. The molecular weight excluding hydrogens is 320 g/mol. The maximum absolute atomic E-state index is 5.52. The van der Waals surface area contributed by atoms with E-state index < -0.39 is 0 Å². The van der Waals surface area contributed by atoms with Crippen molar-refractivity contribution in [1.82, 2.24) is 0 Å². The summed E-state index contributed by atoms with van der Waals surface area (Å²) in [5, 5.41) is 0. The van der Waals surface area contributed by atoms with E-state index in [0.717, 1.165) is 31.1 Å². The van der Waals surface area contributed by atoms with Gasteiger partial charge in [-0.2, -0.15) is 24.4 Å². The van der Waals surface area contributed by atoms with Crippen LogP contribution in [0.3, 0.4) is 0 Å². The molecule has 0 aliphatic rings. The van der Waals surface area contributed by atoms with Crippen LogP contribution in [0.1, 0.15) is 96.8 Å². The van der Waals surface area contributed by atoms with E-state index in [0.29, 0.717) is 0 Å². The number of hydrogen-bond acceptors (Lipinski definition) is 3. The molecule has 23 heavy (non-hydrogen) atoms. The van der Waals surface area contributed by atoms with Crippen molar-refractivity contribution in [3.63, 3.8) is 0 Å². The first-order chi connectivity index (χ1) is 11.4. The third-order valence-corrected chi connectivity index (χ3v) is 5.56. The first kappa shape index (κ1) is 23.7. The van der Waals surface area contributed by atoms with Crippen molar-refractivity contribution in [2.45, 2.75) is 96.8 Å². The van der Waals surface area contributed by atoms with E-state index in [1.165, 1.54) is 89.2 Å². The van der Waals surface area contributed by atoms with E-state index in [1.54, 1.807) is 0 Å². The minimum absolute atomic E-state index is 0.878. The topological polar surface area (TPSA) is 9.23 Å². The van der Waals surface area contributed by atoms with Gasteiger partial charge in [0.2, 0.25) is 0 Å². The highest BCUT2D eigenvalue weighted by atomic mass is 32.2. The zero-order chi connectivity index (χ0) is 16.8. The molecule has 0 aromatic rings. The smallest absolute Gasteiger partial charge is 0.0556 e. The summed E-state index contributed by atoms with van der Waals surface area (Å²) < 4.78 is 5.52. The molecule has 0 radical (unpaired) electrons. The van der Waals surface area contributed by atoms with Crippen LogP contribution in [-0.4, -0.2) is 30.5 Å². The van der Waals surface area contributed by atoms with Crippen LogP contribution in [0.25, 0.3) is 0 Å². The molecule has 0 N–H and O–H groups in total. The molecule has 0 saturated heterocycles. The van der Waals surface area contributed by atoms with Crippen LogP contribution >= 0.6 is 24.4 Å². The molecule has 0 spiro atoms. The fraction of sp³-hybridized carbons (Fsp3) is 1.00. The highest BCUT2D eigenvalue weighted by molar-refractivity contribution is 7.99. The first-order valence-electron chi connectivity index (χ1n) is 10.2. The Balaban J connectivity index is 2.92. The molecule has 140 valence electrons. The summed E-state index contributed by atoms with van der Waals surface area (Å²) in [6.45, 7) is 4.08. The average Bonchev–Trinajstić information content (AvgIpc) is 2.57. The minimum Gasteiger partial charge on any atom is -0.381 e. The molecule has 0 heterocycles. The summed E-state index contributed by atoms with van der Waals surface area (Å²) in [6.07, 6.45) is 19.8. The van der Waals surface area contributed by atoms with E-state index >= 15 is 0 Å². The summed E-state index contributed by atoms with van der Waals surface area (Å²) in [6, 6.07) is 0. The number of hydrogen-bond donors (Lipinski definition) is 1. The van der Waals surface area contributed by atoms with Crippen molar-refractivity contribution in [2.24, 2.45) is 0 Å².